The van der Waals surface area contributed by atoms with E-state index in [1.165, 1.54) is 16.6 Å². The first-order valence-electron chi connectivity index (χ1n) is 9.48. The van der Waals surface area contributed by atoms with Gasteiger partial charge in [-0.25, -0.2) is 0 Å². The highest BCUT2D eigenvalue weighted by atomic mass is 16.5. The molecule has 1 heterocycles. The number of methoxy groups -OCH3 is 1. The van der Waals surface area contributed by atoms with Crippen LogP contribution in [0.15, 0.2) is 54.9 Å². The molecule has 1 aliphatic carbocycles. The summed E-state index contributed by atoms with van der Waals surface area (Å²) in [7, 11) is 1.70. The fourth-order valence-electron chi connectivity index (χ4n) is 4.16. The number of tetrazole rings is 1. The van der Waals surface area contributed by atoms with E-state index in [1.54, 1.807) is 13.2 Å². The Morgan fingerprint density at radius 1 is 1.14 bits per heavy atom. The first-order valence-corrected chi connectivity index (χ1v) is 9.48. The standard InChI is InChI=1S/C21H23N5O2/c1-28-19-11-5-3-9-17(19)21(12-6-7-13-21)14-22-20(27)16-8-2-4-10-18(16)26-15-23-24-25-26/h2-5,8-11,15H,6-7,12-14H2,1H3,(H,22,27). The van der Waals surface area contributed by atoms with E-state index in [4.69, 9.17) is 4.74 Å². The number of nitrogens with one attached hydrogen (secondary N) is 1. The Hall–Kier alpha value is -3.22. The number of nitrogens with zero attached hydrogens (tertiary/aromatic N) is 4. The second kappa shape index (κ2) is 7.80. The molecule has 7 nitrogen and oxygen atoms in total. The number of hydrogen-bond donors (Lipinski definition) is 1. The Morgan fingerprint density at radius 3 is 2.64 bits per heavy atom. The molecule has 0 radical (unpaired) electrons. The fraction of sp³-hybridized carbons (Fsp3) is 0.333. The number of aromatic nitrogens is 4. The maximum absolute atomic E-state index is 13.0. The van der Waals surface area contributed by atoms with Crippen molar-refractivity contribution in [1.82, 2.24) is 25.5 Å². The molecule has 3 aromatic rings. The Bertz CT molecular complexity index is 949. The number of carbonyl (C=O) groups is 1. The van der Waals surface area contributed by atoms with Crippen molar-refractivity contribution in [3.63, 3.8) is 0 Å². The van der Waals surface area contributed by atoms with Crippen LogP contribution in [0.25, 0.3) is 5.69 Å². The summed E-state index contributed by atoms with van der Waals surface area (Å²) in [6, 6.07) is 15.4. The van der Waals surface area contributed by atoms with Crippen LogP contribution in [0.4, 0.5) is 0 Å². The van der Waals surface area contributed by atoms with Gasteiger partial charge < -0.3 is 10.1 Å². The quantitative estimate of drug-likeness (QED) is 0.714. The topological polar surface area (TPSA) is 81.9 Å². The van der Waals surface area contributed by atoms with Crippen molar-refractivity contribution in [3.8, 4) is 11.4 Å². The van der Waals surface area contributed by atoms with Crippen LogP contribution in [0.3, 0.4) is 0 Å². The lowest BCUT2D eigenvalue weighted by Crippen LogP contribution is -2.39. The minimum atomic E-state index is -0.132. The van der Waals surface area contributed by atoms with Gasteiger partial charge in [-0.05, 0) is 41.5 Å². The molecule has 0 atom stereocenters. The molecule has 0 unspecified atom stereocenters. The number of benzene rings is 2. The van der Waals surface area contributed by atoms with Gasteiger partial charge >= 0.3 is 0 Å². The Labute approximate surface area is 163 Å². The summed E-state index contributed by atoms with van der Waals surface area (Å²) in [4.78, 5) is 13.0. The molecule has 1 fully saturated rings. The first kappa shape index (κ1) is 18.2. The Morgan fingerprint density at radius 2 is 1.89 bits per heavy atom. The predicted octanol–water partition coefficient (Wildman–Crippen LogP) is 2.91. The fourth-order valence-corrected chi connectivity index (χ4v) is 4.16. The largest absolute Gasteiger partial charge is 0.496 e. The molecule has 0 bridgehead atoms. The minimum absolute atomic E-state index is 0.105. The van der Waals surface area contributed by atoms with Gasteiger partial charge in [-0.1, -0.05) is 43.2 Å². The molecule has 2 aromatic carbocycles. The van der Waals surface area contributed by atoms with Crippen LogP contribution in [0, 0.1) is 0 Å². The highest BCUT2D eigenvalue weighted by Crippen LogP contribution is 2.44. The smallest absolute Gasteiger partial charge is 0.253 e. The molecule has 144 valence electrons. The molecule has 1 aliphatic rings. The average Bonchev–Trinajstić information content (AvgIpc) is 3.45. The first-order chi connectivity index (χ1) is 13.7. The van der Waals surface area contributed by atoms with Crippen LogP contribution in [-0.4, -0.2) is 39.8 Å². The minimum Gasteiger partial charge on any atom is -0.496 e. The monoisotopic (exact) mass is 377 g/mol. The molecular formula is C21H23N5O2. The van der Waals surface area contributed by atoms with Crippen LogP contribution in [-0.2, 0) is 5.41 Å². The molecule has 0 aliphatic heterocycles. The SMILES string of the molecule is COc1ccccc1C1(CNC(=O)c2ccccc2-n2cnnn2)CCCC1. The van der Waals surface area contributed by atoms with Crippen molar-refractivity contribution >= 4 is 5.91 Å². The van der Waals surface area contributed by atoms with Crippen molar-refractivity contribution in [2.45, 2.75) is 31.1 Å². The van der Waals surface area contributed by atoms with E-state index < -0.39 is 0 Å². The Kier molecular flexibility index (Phi) is 5.06. The van der Waals surface area contributed by atoms with Crippen molar-refractivity contribution in [3.05, 3.63) is 66.0 Å². The lowest BCUT2D eigenvalue weighted by Gasteiger charge is -2.31. The van der Waals surface area contributed by atoms with Gasteiger partial charge in [0.15, 0.2) is 0 Å². The zero-order chi connectivity index (χ0) is 19.4. The van der Waals surface area contributed by atoms with Crippen molar-refractivity contribution in [2.75, 3.05) is 13.7 Å². The summed E-state index contributed by atoms with van der Waals surface area (Å²) in [6.45, 7) is 0.566. The van der Waals surface area contributed by atoms with Gasteiger partial charge in [0, 0.05) is 17.5 Å². The van der Waals surface area contributed by atoms with Gasteiger partial charge in [-0.15, -0.1) is 5.10 Å². The molecular weight excluding hydrogens is 354 g/mol. The summed E-state index contributed by atoms with van der Waals surface area (Å²) < 4.78 is 7.10. The maximum atomic E-state index is 13.0. The van der Waals surface area contributed by atoms with Crippen molar-refractivity contribution in [1.29, 1.82) is 0 Å². The molecule has 1 amide bonds. The summed E-state index contributed by atoms with van der Waals surface area (Å²) in [5, 5.41) is 14.4. The van der Waals surface area contributed by atoms with E-state index in [1.807, 2.05) is 36.4 Å². The van der Waals surface area contributed by atoms with Crippen molar-refractivity contribution < 1.29 is 9.53 Å². The zero-order valence-electron chi connectivity index (χ0n) is 15.8. The van der Waals surface area contributed by atoms with Crippen LogP contribution in [0.2, 0.25) is 0 Å². The van der Waals surface area contributed by atoms with Gasteiger partial charge in [-0.2, -0.15) is 4.68 Å². The van der Waals surface area contributed by atoms with Gasteiger partial charge in [0.1, 0.15) is 12.1 Å². The number of amides is 1. The van der Waals surface area contributed by atoms with E-state index >= 15 is 0 Å². The predicted molar refractivity (Wildman–Crippen MR) is 105 cm³/mol. The van der Waals surface area contributed by atoms with E-state index in [2.05, 4.69) is 26.9 Å². The van der Waals surface area contributed by atoms with Gasteiger partial charge in [-0.3, -0.25) is 4.79 Å². The second-order valence-electron chi connectivity index (χ2n) is 7.14. The lowest BCUT2D eigenvalue weighted by molar-refractivity contribution is 0.0942. The lowest BCUT2D eigenvalue weighted by atomic mass is 9.78. The zero-order valence-corrected chi connectivity index (χ0v) is 15.8. The van der Waals surface area contributed by atoms with E-state index in [9.17, 15) is 4.79 Å². The van der Waals surface area contributed by atoms with Gasteiger partial charge in [0.05, 0.1) is 18.4 Å². The van der Waals surface area contributed by atoms with Crippen LogP contribution in [0.5, 0.6) is 5.75 Å². The maximum Gasteiger partial charge on any atom is 0.253 e. The van der Waals surface area contributed by atoms with Gasteiger partial charge in [0.2, 0.25) is 0 Å². The number of carbonyl (C=O) groups excluding carboxylic acids is 1. The summed E-state index contributed by atoms with van der Waals surface area (Å²) in [5.41, 5.74) is 2.27. The van der Waals surface area contributed by atoms with Crippen LogP contribution in [0.1, 0.15) is 41.6 Å². The normalized spacial score (nSPS) is 15.3. The molecule has 4 rings (SSSR count). The molecule has 0 saturated heterocycles. The second-order valence-corrected chi connectivity index (χ2v) is 7.14. The summed E-state index contributed by atoms with van der Waals surface area (Å²) in [6.07, 6.45) is 5.84. The molecule has 1 saturated carbocycles. The number of para-hydroxylation sites is 2. The third-order valence-electron chi connectivity index (χ3n) is 5.57. The number of rotatable bonds is 6. The van der Waals surface area contributed by atoms with Crippen LogP contribution < -0.4 is 10.1 Å². The van der Waals surface area contributed by atoms with E-state index in [0.717, 1.165) is 31.4 Å². The highest BCUT2D eigenvalue weighted by Gasteiger charge is 2.38. The molecule has 28 heavy (non-hydrogen) atoms. The molecule has 0 spiro atoms. The summed E-state index contributed by atoms with van der Waals surface area (Å²) in [5.74, 6) is 0.750. The highest BCUT2D eigenvalue weighted by molar-refractivity contribution is 5.97. The average molecular weight is 377 g/mol. The van der Waals surface area contributed by atoms with Crippen molar-refractivity contribution in [2.24, 2.45) is 0 Å². The van der Waals surface area contributed by atoms with Gasteiger partial charge in [0.25, 0.3) is 5.91 Å². The third-order valence-corrected chi connectivity index (χ3v) is 5.57. The molecule has 1 aromatic heterocycles. The summed E-state index contributed by atoms with van der Waals surface area (Å²) >= 11 is 0. The molecule has 7 heteroatoms. The van der Waals surface area contributed by atoms with E-state index in [-0.39, 0.29) is 11.3 Å². The van der Waals surface area contributed by atoms with E-state index in [0.29, 0.717) is 17.8 Å². The molecule has 1 N–H and O–H groups in total. The Balaban J connectivity index is 1.59. The number of ether oxygens (including phenoxy) is 1. The third kappa shape index (κ3) is 3.35. The van der Waals surface area contributed by atoms with Crippen LogP contribution >= 0.6 is 0 Å². The number of hydrogen-bond acceptors (Lipinski definition) is 5.